The third-order valence-electron chi connectivity index (χ3n) is 14.0. The van der Waals surface area contributed by atoms with Gasteiger partial charge in [-0.3, -0.25) is 0 Å². The molecule has 0 amide bonds. The van der Waals surface area contributed by atoms with Crippen LogP contribution < -0.4 is 4.90 Å². The second-order valence-corrected chi connectivity index (χ2v) is 17.1. The van der Waals surface area contributed by atoms with Gasteiger partial charge in [-0.15, -0.1) is 0 Å². The Balaban J connectivity index is 1.18. The molecule has 64 heavy (non-hydrogen) atoms. The van der Waals surface area contributed by atoms with Crippen molar-refractivity contribution in [2.24, 2.45) is 0 Å². The molecule has 10 aromatic carbocycles. The molecule has 0 saturated heterocycles. The third-order valence-corrected chi connectivity index (χ3v) is 14.0. The van der Waals surface area contributed by atoms with Crippen molar-refractivity contribution in [3.8, 4) is 22.3 Å². The van der Waals surface area contributed by atoms with Crippen LogP contribution in [0.2, 0.25) is 0 Å². The average molecular weight is 816 g/mol. The molecule has 300 valence electrons. The van der Waals surface area contributed by atoms with Gasteiger partial charge in [0.1, 0.15) is 11.2 Å². The third kappa shape index (κ3) is 4.97. The molecule has 2 aliphatic rings. The molecule has 0 radical (unpaired) electrons. The van der Waals surface area contributed by atoms with E-state index >= 15 is 0 Å². The molecule has 0 saturated carbocycles. The van der Waals surface area contributed by atoms with Crippen molar-refractivity contribution >= 4 is 39.0 Å². The Hall–Kier alpha value is -8.20. The van der Waals surface area contributed by atoms with Gasteiger partial charge in [-0.25, -0.2) is 0 Å². The van der Waals surface area contributed by atoms with Gasteiger partial charge in [0.25, 0.3) is 0 Å². The summed E-state index contributed by atoms with van der Waals surface area (Å²) >= 11 is 0. The molecule has 0 bridgehead atoms. The van der Waals surface area contributed by atoms with E-state index in [9.17, 15) is 0 Å². The zero-order valence-corrected chi connectivity index (χ0v) is 35.0. The SMILES string of the molecule is c1ccc(N(c2cccc3c2-c2ccccc2C3(c2ccccc2)c2ccccc2)c2cc(C3(c4ccccc4)c4ccccc4-c4ccccc43)cc3oc4ccccc4c23)cc1. The Morgan fingerprint density at radius 1 is 0.312 bits per heavy atom. The Kier molecular flexibility index (Phi) is 8.07. The summed E-state index contributed by atoms with van der Waals surface area (Å²) in [4.78, 5) is 2.51. The molecule has 0 aliphatic heterocycles. The summed E-state index contributed by atoms with van der Waals surface area (Å²) in [6, 6.07) is 91.3. The maximum atomic E-state index is 7.04. The van der Waals surface area contributed by atoms with Crippen molar-refractivity contribution in [3.63, 3.8) is 0 Å². The van der Waals surface area contributed by atoms with E-state index in [-0.39, 0.29) is 0 Å². The highest BCUT2D eigenvalue weighted by molar-refractivity contribution is 6.15. The van der Waals surface area contributed by atoms with Crippen molar-refractivity contribution in [2.75, 3.05) is 4.90 Å². The zero-order valence-electron chi connectivity index (χ0n) is 35.0. The number of anilines is 3. The van der Waals surface area contributed by atoms with Crippen LogP contribution >= 0.6 is 0 Å². The van der Waals surface area contributed by atoms with Gasteiger partial charge in [-0.2, -0.15) is 0 Å². The Morgan fingerprint density at radius 2 is 0.766 bits per heavy atom. The second-order valence-electron chi connectivity index (χ2n) is 17.1. The fourth-order valence-electron chi connectivity index (χ4n) is 11.6. The molecule has 13 rings (SSSR count). The Labute approximate surface area is 373 Å². The minimum atomic E-state index is -0.639. The normalized spacial score (nSPS) is 13.9. The molecular weight excluding hydrogens is 775 g/mol. The maximum absolute atomic E-state index is 7.04. The van der Waals surface area contributed by atoms with Crippen LogP contribution in [0.4, 0.5) is 17.1 Å². The van der Waals surface area contributed by atoms with Crippen molar-refractivity contribution in [1.82, 2.24) is 0 Å². The summed E-state index contributed by atoms with van der Waals surface area (Å²) in [6.45, 7) is 0. The molecule has 0 atom stereocenters. The van der Waals surface area contributed by atoms with Crippen LogP contribution in [0.5, 0.6) is 0 Å². The van der Waals surface area contributed by atoms with Crippen LogP contribution in [0.3, 0.4) is 0 Å². The van der Waals surface area contributed by atoms with Gasteiger partial charge in [0.2, 0.25) is 0 Å². The highest BCUT2D eigenvalue weighted by Gasteiger charge is 2.49. The van der Waals surface area contributed by atoms with Crippen molar-refractivity contribution in [2.45, 2.75) is 10.8 Å². The number of benzene rings is 10. The summed E-state index contributed by atoms with van der Waals surface area (Å²) < 4.78 is 7.04. The largest absolute Gasteiger partial charge is 0.456 e. The van der Waals surface area contributed by atoms with Gasteiger partial charge in [0.05, 0.1) is 27.6 Å². The van der Waals surface area contributed by atoms with Crippen LogP contribution in [0.15, 0.2) is 253 Å². The lowest BCUT2D eigenvalue weighted by molar-refractivity contribution is 0.665. The van der Waals surface area contributed by atoms with Gasteiger partial charge >= 0.3 is 0 Å². The van der Waals surface area contributed by atoms with Crippen molar-refractivity contribution < 1.29 is 4.42 Å². The molecule has 1 heterocycles. The van der Waals surface area contributed by atoms with Gasteiger partial charge in [-0.05, 0) is 97.6 Å². The molecule has 0 unspecified atom stereocenters. The first-order valence-corrected chi connectivity index (χ1v) is 22.2. The number of nitrogens with zero attached hydrogens (tertiary/aromatic N) is 1. The first-order chi connectivity index (χ1) is 31.8. The summed E-state index contributed by atoms with van der Waals surface area (Å²) in [5, 5.41) is 2.16. The number of rotatable bonds is 7. The van der Waals surface area contributed by atoms with Crippen LogP contribution in [-0.2, 0) is 10.8 Å². The Bertz CT molecular complexity index is 3470. The first kappa shape index (κ1) is 36.5. The summed E-state index contributed by atoms with van der Waals surface area (Å²) in [5.74, 6) is 0. The van der Waals surface area contributed by atoms with E-state index in [1.807, 2.05) is 0 Å². The predicted molar refractivity (Wildman–Crippen MR) is 263 cm³/mol. The topological polar surface area (TPSA) is 16.4 Å². The lowest BCUT2D eigenvalue weighted by Gasteiger charge is -2.36. The molecule has 0 N–H and O–H groups in total. The van der Waals surface area contributed by atoms with E-state index in [0.29, 0.717) is 0 Å². The highest BCUT2D eigenvalue weighted by atomic mass is 16.3. The molecule has 2 nitrogen and oxygen atoms in total. The monoisotopic (exact) mass is 815 g/mol. The predicted octanol–water partition coefficient (Wildman–Crippen LogP) is 15.8. The van der Waals surface area contributed by atoms with E-state index in [0.717, 1.165) is 44.6 Å². The van der Waals surface area contributed by atoms with Gasteiger partial charge < -0.3 is 9.32 Å². The number of hydrogen-bond donors (Lipinski definition) is 0. The van der Waals surface area contributed by atoms with Crippen LogP contribution in [0, 0.1) is 0 Å². The second kappa shape index (κ2) is 14.2. The number of hydrogen-bond acceptors (Lipinski definition) is 2. The number of fused-ring (bicyclic) bond motifs is 9. The highest BCUT2D eigenvalue weighted by Crippen LogP contribution is 2.61. The number of furan rings is 1. The van der Waals surface area contributed by atoms with Crippen molar-refractivity contribution in [3.05, 3.63) is 293 Å². The lowest BCUT2D eigenvalue weighted by Crippen LogP contribution is -2.29. The smallest absolute Gasteiger partial charge is 0.137 e. The van der Waals surface area contributed by atoms with E-state index in [4.69, 9.17) is 4.42 Å². The van der Waals surface area contributed by atoms with E-state index in [1.165, 1.54) is 61.2 Å². The van der Waals surface area contributed by atoms with Crippen LogP contribution in [0.25, 0.3) is 44.2 Å². The molecule has 2 heteroatoms. The average Bonchev–Trinajstić information content (AvgIpc) is 4.01. The van der Waals surface area contributed by atoms with Crippen LogP contribution in [0.1, 0.15) is 44.5 Å². The Morgan fingerprint density at radius 3 is 1.36 bits per heavy atom. The molecule has 11 aromatic rings. The minimum absolute atomic E-state index is 0.555. The van der Waals surface area contributed by atoms with Crippen molar-refractivity contribution in [1.29, 1.82) is 0 Å². The van der Waals surface area contributed by atoms with Gasteiger partial charge in [-0.1, -0.05) is 212 Å². The van der Waals surface area contributed by atoms with E-state index < -0.39 is 10.8 Å². The quantitative estimate of drug-likeness (QED) is 0.159. The minimum Gasteiger partial charge on any atom is -0.456 e. The molecular formula is C62H41NO. The van der Waals surface area contributed by atoms with Gasteiger partial charge in [0.15, 0.2) is 0 Å². The number of para-hydroxylation sites is 2. The molecule has 1 aromatic heterocycles. The summed E-state index contributed by atoms with van der Waals surface area (Å²) in [7, 11) is 0. The van der Waals surface area contributed by atoms with Crippen LogP contribution in [-0.4, -0.2) is 0 Å². The lowest BCUT2D eigenvalue weighted by atomic mass is 9.67. The van der Waals surface area contributed by atoms with E-state index in [1.54, 1.807) is 0 Å². The van der Waals surface area contributed by atoms with E-state index in [2.05, 4.69) is 254 Å². The first-order valence-electron chi connectivity index (χ1n) is 22.2. The fourth-order valence-corrected chi connectivity index (χ4v) is 11.6. The zero-order chi connectivity index (χ0) is 42.2. The maximum Gasteiger partial charge on any atom is 0.137 e. The van der Waals surface area contributed by atoms with Gasteiger partial charge in [0, 0.05) is 16.6 Å². The molecule has 2 aliphatic carbocycles. The summed E-state index contributed by atoms with van der Waals surface area (Å²) in [5.41, 5.74) is 18.6. The summed E-state index contributed by atoms with van der Waals surface area (Å²) in [6.07, 6.45) is 0. The fraction of sp³-hybridized carbons (Fsp3) is 0.0323. The molecule has 0 spiro atoms. The molecule has 0 fully saturated rings. The standard InChI is InChI=1S/C62H41NO/c1-5-22-42(23-6-1)61(43-24-7-2-8-25-43)53-36-19-15-32-49(53)59-54(61)37-21-38-55(59)63(46-28-11-4-12-29-46)56-40-45(41-58-60(56)50-33-16-20-39-57(50)64-58)62(44-26-9-3-10-27-44)51-34-17-13-30-47(51)48-31-14-18-35-52(48)62/h1-41H.